The molecule has 0 spiro atoms. The van der Waals surface area contributed by atoms with Crippen LogP contribution in [-0.4, -0.2) is 93.2 Å². The first-order chi connectivity index (χ1) is 13.2. The number of guanidine groups is 1. The Hall–Kier alpha value is -1.57. The average molecular weight is 377 g/mol. The lowest BCUT2D eigenvalue weighted by Gasteiger charge is -2.38. The molecule has 0 aromatic carbocycles. The molecule has 1 aromatic rings. The van der Waals surface area contributed by atoms with Gasteiger partial charge in [-0.05, 0) is 59.1 Å². The summed E-state index contributed by atoms with van der Waals surface area (Å²) in [6.07, 6.45) is 4.29. The lowest BCUT2D eigenvalue weighted by Crippen LogP contribution is -2.55. The highest BCUT2D eigenvalue weighted by Crippen LogP contribution is 2.25. The van der Waals surface area contributed by atoms with E-state index >= 15 is 0 Å². The number of piperazine rings is 1. The van der Waals surface area contributed by atoms with Gasteiger partial charge in [-0.25, -0.2) is 0 Å². The van der Waals surface area contributed by atoms with Gasteiger partial charge in [0.15, 0.2) is 5.96 Å². The van der Waals surface area contributed by atoms with Crippen molar-refractivity contribution in [2.45, 2.75) is 31.8 Å². The van der Waals surface area contributed by atoms with Crippen LogP contribution < -0.4 is 10.6 Å². The zero-order valence-corrected chi connectivity index (χ0v) is 17.2. The Morgan fingerprint density at radius 1 is 1.22 bits per heavy atom. The van der Waals surface area contributed by atoms with E-state index in [1.165, 1.54) is 12.8 Å². The summed E-state index contributed by atoms with van der Waals surface area (Å²) in [6, 6.07) is 4.78. The molecule has 2 aliphatic heterocycles. The van der Waals surface area contributed by atoms with Crippen molar-refractivity contribution < 1.29 is 4.42 Å². The molecule has 2 atom stereocenters. The molecule has 2 aliphatic rings. The molecule has 2 saturated heterocycles. The summed E-state index contributed by atoms with van der Waals surface area (Å²) in [5.74, 6) is 1.92. The number of likely N-dealkylation sites (tertiary alicyclic amines) is 1. The number of rotatable bonds is 7. The molecule has 2 fully saturated rings. The number of furan rings is 1. The summed E-state index contributed by atoms with van der Waals surface area (Å²) in [5, 5.41) is 6.95. The molecule has 3 heterocycles. The van der Waals surface area contributed by atoms with Crippen molar-refractivity contribution in [1.29, 1.82) is 0 Å². The first-order valence-corrected chi connectivity index (χ1v) is 10.4. The fourth-order valence-electron chi connectivity index (χ4n) is 3.98. The normalized spacial score (nSPS) is 24.3. The van der Waals surface area contributed by atoms with Crippen molar-refractivity contribution in [3.63, 3.8) is 0 Å². The molecule has 7 heteroatoms. The highest BCUT2D eigenvalue weighted by atomic mass is 16.3. The number of hydrogen-bond acceptors (Lipinski definition) is 5. The first-order valence-electron chi connectivity index (χ1n) is 10.4. The van der Waals surface area contributed by atoms with Gasteiger partial charge in [-0.2, -0.15) is 0 Å². The molecule has 2 unspecified atom stereocenters. The van der Waals surface area contributed by atoms with Gasteiger partial charge in [-0.3, -0.25) is 14.8 Å². The van der Waals surface area contributed by atoms with Gasteiger partial charge in [0.2, 0.25) is 0 Å². The molecule has 0 radical (unpaired) electrons. The van der Waals surface area contributed by atoms with Crippen LogP contribution in [0.4, 0.5) is 0 Å². The fraction of sp³-hybridized carbons (Fsp3) is 0.750. The third-order valence-electron chi connectivity index (χ3n) is 5.70. The van der Waals surface area contributed by atoms with Gasteiger partial charge in [0.05, 0.1) is 18.8 Å². The van der Waals surface area contributed by atoms with Crippen molar-refractivity contribution >= 4 is 5.96 Å². The maximum Gasteiger partial charge on any atom is 0.191 e. The SMILES string of the molecule is CCNC(=NCC(c1ccco1)N1CCCC1)NCC1CN(C)CCN1C. The van der Waals surface area contributed by atoms with Crippen LogP contribution in [0, 0.1) is 0 Å². The third kappa shape index (κ3) is 5.70. The number of hydrogen-bond donors (Lipinski definition) is 2. The minimum Gasteiger partial charge on any atom is -0.468 e. The first kappa shape index (κ1) is 20.2. The van der Waals surface area contributed by atoms with E-state index in [1.807, 2.05) is 6.07 Å². The molecule has 27 heavy (non-hydrogen) atoms. The number of nitrogens with zero attached hydrogens (tertiary/aromatic N) is 4. The van der Waals surface area contributed by atoms with Crippen molar-refractivity contribution in [3.8, 4) is 0 Å². The molecule has 3 rings (SSSR count). The second-order valence-electron chi connectivity index (χ2n) is 7.77. The summed E-state index contributed by atoms with van der Waals surface area (Å²) in [5.41, 5.74) is 0. The van der Waals surface area contributed by atoms with Gasteiger partial charge >= 0.3 is 0 Å². The Morgan fingerprint density at radius 3 is 2.74 bits per heavy atom. The summed E-state index contributed by atoms with van der Waals surface area (Å²) in [4.78, 5) is 12.2. The maximum atomic E-state index is 5.72. The Balaban J connectivity index is 1.61. The molecule has 7 nitrogen and oxygen atoms in total. The lowest BCUT2D eigenvalue weighted by molar-refractivity contribution is 0.116. The topological polar surface area (TPSA) is 59.3 Å². The summed E-state index contributed by atoms with van der Waals surface area (Å²) >= 11 is 0. The highest BCUT2D eigenvalue weighted by molar-refractivity contribution is 5.79. The number of aliphatic imine (C=N–C) groups is 1. The Kier molecular flexibility index (Phi) is 7.55. The van der Waals surface area contributed by atoms with Crippen molar-refractivity contribution in [2.75, 3.05) is 66.5 Å². The van der Waals surface area contributed by atoms with Gasteiger partial charge < -0.3 is 20.0 Å². The molecule has 2 N–H and O–H groups in total. The van der Waals surface area contributed by atoms with Gasteiger partial charge in [-0.1, -0.05) is 0 Å². The zero-order valence-electron chi connectivity index (χ0n) is 17.2. The van der Waals surface area contributed by atoms with Gasteiger partial charge in [0.1, 0.15) is 5.76 Å². The van der Waals surface area contributed by atoms with Crippen LogP contribution in [0.2, 0.25) is 0 Å². The number of nitrogens with one attached hydrogen (secondary N) is 2. The predicted molar refractivity (Wildman–Crippen MR) is 110 cm³/mol. The van der Waals surface area contributed by atoms with Crippen LogP contribution in [0.5, 0.6) is 0 Å². The van der Waals surface area contributed by atoms with E-state index < -0.39 is 0 Å². The number of likely N-dealkylation sites (N-methyl/N-ethyl adjacent to an activating group) is 2. The van der Waals surface area contributed by atoms with E-state index in [2.05, 4.69) is 52.4 Å². The Labute approximate surface area is 163 Å². The van der Waals surface area contributed by atoms with Crippen molar-refractivity contribution in [2.24, 2.45) is 4.99 Å². The summed E-state index contributed by atoms with van der Waals surface area (Å²) in [7, 11) is 4.41. The fourth-order valence-corrected chi connectivity index (χ4v) is 3.98. The molecule has 0 aliphatic carbocycles. The quantitative estimate of drug-likeness (QED) is 0.551. The lowest BCUT2D eigenvalue weighted by atomic mass is 10.2. The van der Waals surface area contributed by atoms with Crippen LogP contribution in [0.15, 0.2) is 27.8 Å². The molecule has 1 aromatic heterocycles. The highest BCUT2D eigenvalue weighted by Gasteiger charge is 2.26. The molecule has 152 valence electrons. The molecular formula is C20H36N6O. The molecular weight excluding hydrogens is 340 g/mol. The van der Waals surface area contributed by atoms with E-state index in [0.29, 0.717) is 12.6 Å². The van der Waals surface area contributed by atoms with Crippen LogP contribution in [0.1, 0.15) is 31.6 Å². The van der Waals surface area contributed by atoms with Crippen LogP contribution in [-0.2, 0) is 0 Å². The summed E-state index contributed by atoms with van der Waals surface area (Å²) in [6.45, 7) is 10.2. The molecule has 0 amide bonds. The van der Waals surface area contributed by atoms with E-state index in [1.54, 1.807) is 6.26 Å². The van der Waals surface area contributed by atoms with Gasteiger partial charge in [0.25, 0.3) is 0 Å². The average Bonchev–Trinajstić information content (AvgIpc) is 3.37. The maximum absolute atomic E-state index is 5.72. The van der Waals surface area contributed by atoms with Crippen molar-refractivity contribution in [3.05, 3.63) is 24.2 Å². The van der Waals surface area contributed by atoms with Gasteiger partial charge in [-0.15, -0.1) is 0 Å². The predicted octanol–water partition coefficient (Wildman–Crippen LogP) is 1.22. The molecule has 0 bridgehead atoms. The van der Waals surface area contributed by atoms with E-state index in [4.69, 9.17) is 9.41 Å². The van der Waals surface area contributed by atoms with E-state index in [0.717, 1.165) is 57.5 Å². The Morgan fingerprint density at radius 2 is 2.04 bits per heavy atom. The van der Waals surface area contributed by atoms with Crippen LogP contribution >= 0.6 is 0 Å². The minimum absolute atomic E-state index is 0.224. The third-order valence-corrected chi connectivity index (χ3v) is 5.70. The van der Waals surface area contributed by atoms with Gasteiger partial charge in [0, 0.05) is 38.8 Å². The largest absolute Gasteiger partial charge is 0.468 e. The Bertz CT molecular complexity index is 569. The standard InChI is InChI=1S/C20H36N6O/c1-4-21-20(22-14-17-16-24(2)11-12-25(17)3)23-15-18(19-8-7-13-27-19)26-9-5-6-10-26/h7-8,13,17-18H,4-6,9-12,14-16H2,1-3H3,(H2,21,22,23). The summed E-state index contributed by atoms with van der Waals surface area (Å²) < 4.78 is 5.72. The monoisotopic (exact) mass is 376 g/mol. The van der Waals surface area contributed by atoms with Crippen LogP contribution in [0.3, 0.4) is 0 Å². The smallest absolute Gasteiger partial charge is 0.191 e. The minimum atomic E-state index is 0.224. The van der Waals surface area contributed by atoms with E-state index in [-0.39, 0.29) is 6.04 Å². The second kappa shape index (κ2) is 10.1. The van der Waals surface area contributed by atoms with Crippen molar-refractivity contribution in [1.82, 2.24) is 25.3 Å². The zero-order chi connectivity index (χ0) is 19.1. The van der Waals surface area contributed by atoms with E-state index in [9.17, 15) is 0 Å². The molecule has 0 saturated carbocycles. The second-order valence-corrected chi connectivity index (χ2v) is 7.77. The van der Waals surface area contributed by atoms with Crippen LogP contribution in [0.25, 0.3) is 0 Å².